The molecule has 0 radical (unpaired) electrons. The molecule has 0 fully saturated rings. The van der Waals surface area contributed by atoms with Crippen molar-refractivity contribution in [2.45, 2.75) is 13.1 Å². The highest BCUT2D eigenvalue weighted by molar-refractivity contribution is 5.88. The Bertz CT molecular complexity index is 617. The largest absolute Gasteiger partial charge is 0.478 e. The van der Waals surface area contributed by atoms with Gasteiger partial charge in [-0.15, -0.1) is 0 Å². The highest BCUT2D eigenvalue weighted by Gasteiger charge is 2.32. The molecule has 5 nitrogen and oxygen atoms in total. The molecule has 100 valence electrons. The van der Waals surface area contributed by atoms with Crippen molar-refractivity contribution in [2.75, 3.05) is 0 Å². The molecule has 0 aromatic carbocycles. The smallest absolute Gasteiger partial charge is 0.433 e. The number of halogens is 3. The van der Waals surface area contributed by atoms with Crippen molar-refractivity contribution in [1.82, 2.24) is 14.8 Å². The maximum Gasteiger partial charge on any atom is 0.433 e. The van der Waals surface area contributed by atoms with Gasteiger partial charge in [-0.3, -0.25) is 0 Å². The first kappa shape index (κ1) is 13.1. The molecule has 2 heterocycles. The maximum atomic E-state index is 12.3. The molecule has 0 aliphatic heterocycles. The molecule has 0 spiro atoms. The quantitative estimate of drug-likeness (QED) is 0.909. The van der Waals surface area contributed by atoms with Crippen molar-refractivity contribution in [3.63, 3.8) is 0 Å². The summed E-state index contributed by atoms with van der Waals surface area (Å²) in [5.41, 5.74) is -0.452. The van der Waals surface area contributed by atoms with Crippen LogP contribution in [0.15, 0.2) is 24.5 Å². The summed E-state index contributed by atoms with van der Waals surface area (Å²) in [7, 11) is 0. The van der Waals surface area contributed by atoms with Gasteiger partial charge in [0.15, 0.2) is 0 Å². The lowest BCUT2D eigenvalue weighted by atomic mass is 10.2. The molecule has 0 aliphatic carbocycles. The lowest BCUT2D eigenvalue weighted by molar-refractivity contribution is -0.141. The van der Waals surface area contributed by atoms with Crippen LogP contribution in [0, 0.1) is 6.92 Å². The Morgan fingerprint density at radius 2 is 2.00 bits per heavy atom. The monoisotopic (exact) mass is 271 g/mol. The molecule has 0 aliphatic rings. The summed E-state index contributed by atoms with van der Waals surface area (Å²) in [6, 6.07) is 2.00. The number of alkyl halides is 3. The third kappa shape index (κ3) is 2.42. The van der Waals surface area contributed by atoms with Crippen LogP contribution >= 0.6 is 0 Å². The zero-order valence-corrected chi connectivity index (χ0v) is 9.64. The average Bonchev–Trinajstić information content (AvgIpc) is 2.70. The maximum absolute atomic E-state index is 12.3. The number of carbonyl (C=O) groups is 1. The minimum Gasteiger partial charge on any atom is -0.478 e. The highest BCUT2D eigenvalue weighted by Crippen LogP contribution is 2.27. The first-order valence-electron chi connectivity index (χ1n) is 5.12. The minimum absolute atomic E-state index is 0.0140. The van der Waals surface area contributed by atoms with Crippen molar-refractivity contribution in [3.8, 4) is 5.69 Å². The minimum atomic E-state index is -4.51. The van der Waals surface area contributed by atoms with Gasteiger partial charge in [-0.05, 0) is 19.1 Å². The van der Waals surface area contributed by atoms with E-state index in [1.54, 1.807) is 0 Å². The highest BCUT2D eigenvalue weighted by atomic mass is 19.4. The Balaban J connectivity index is 2.41. The molecule has 0 amide bonds. The SMILES string of the molecule is Cc1c(C(=O)O)cnn1-c1ccc(C(F)(F)F)nc1. The number of aromatic carboxylic acids is 1. The topological polar surface area (TPSA) is 68.0 Å². The van der Waals surface area contributed by atoms with E-state index in [0.717, 1.165) is 18.5 Å². The first-order chi connectivity index (χ1) is 8.80. The van der Waals surface area contributed by atoms with Crippen LogP contribution in [-0.4, -0.2) is 25.8 Å². The fraction of sp³-hybridized carbons (Fsp3) is 0.182. The standard InChI is InChI=1S/C11H8F3N3O2/c1-6-8(10(18)19)5-16-17(6)7-2-3-9(15-4-7)11(12,13)14/h2-5H,1H3,(H,18,19). The Morgan fingerprint density at radius 3 is 2.42 bits per heavy atom. The van der Waals surface area contributed by atoms with E-state index >= 15 is 0 Å². The summed E-state index contributed by atoms with van der Waals surface area (Å²) in [4.78, 5) is 14.1. The second-order valence-corrected chi connectivity index (χ2v) is 3.76. The van der Waals surface area contributed by atoms with Crippen molar-refractivity contribution in [1.29, 1.82) is 0 Å². The summed E-state index contributed by atoms with van der Waals surface area (Å²) in [5, 5.41) is 12.7. The normalized spacial score (nSPS) is 11.6. The Kier molecular flexibility index (Phi) is 3.01. The van der Waals surface area contributed by atoms with E-state index in [-0.39, 0.29) is 11.3 Å². The number of rotatable bonds is 2. The molecule has 19 heavy (non-hydrogen) atoms. The van der Waals surface area contributed by atoms with Crippen molar-refractivity contribution in [2.24, 2.45) is 0 Å². The zero-order chi connectivity index (χ0) is 14.2. The number of hydrogen-bond donors (Lipinski definition) is 1. The van der Waals surface area contributed by atoms with E-state index in [2.05, 4.69) is 10.1 Å². The molecule has 0 saturated carbocycles. The predicted molar refractivity (Wildman–Crippen MR) is 58.1 cm³/mol. The van der Waals surface area contributed by atoms with Gasteiger partial charge < -0.3 is 5.11 Å². The first-order valence-corrected chi connectivity index (χ1v) is 5.12. The van der Waals surface area contributed by atoms with Crippen LogP contribution in [0.5, 0.6) is 0 Å². The van der Waals surface area contributed by atoms with Gasteiger partial charge in [-0.2, -0.15) is 18.3 Å². The summed E-state index contributed by atoms with van der Waals surface area (Å²) in [5.74, 6) is -1.15. The molecule has 0 unspecified atom stereocenters. The zero-order valence-electron chi connectivity index (χ0n) is 9.64. The third-order valence-corrected chi connectivity index (χ3v) is 2.52. The van der Waals surface area contributed by atoms with Gasteiger partial charge in [0, 0.05) is 0 Å². The van der Waals surface area contributed by atoms with E-state index in [4.69, 9.17) is 5.11 Å². The number of hydrogen-bond acceptors (Lipinski definition) is 3. The second-order valence-electron chi connectivity index (χ2n) is 3.76. The lowest BCUT2D eigenvalue weighted by Gasteiger charge is -2.07. The van der Waals surface area contributed by atoms with Gasteiger partial charge in [-0.1, -0.05) is 0 Å². The van der Waals surface area contributed by atoms with Crippen LogP contribution in [-0.2, 0) is 6.18 Å². The van der Waals surface area contributed by atoms with E-state index in [9.17, 15) is 18.0 Å². The summed E-state index contributed by atoms with van der Waals surface area (Å²) >= 11 is 0. The van der Waals surface area contributed by atoms with Crippen molar-refractivity contribution in [3.05, 3.63) is 41.5 Å². The number of carboxylic acids is 1. The van der Waals surface area contributed by atoms with E-state index in [1.807, 2.05) is 0 Å². The van der Waals surface area contributed by atoms with Crippen LogP contribution in [0.4, 0.5) is 13.2 Å². The second kappa shape index (κ2) is 4.38. The molecule has 0 saturated heterocycles. The third-order valence-electron chi connectivity index (χ3n) is 2.52. The van der Waals surface area contributed by atoms with Gasteiger partial charge in [0.1, 0.15) is 11.3 Å². The number of carboxylic acid groups (broad SMARTS) is 1. The van der Waals surface area contributed by atoms with E-state index < -0.39 is 17.8 Å². The van der Waals surface area contributed by atoms with Crippen LogP contribution in [0.25, 0.3) is 5.69 Å². The predicted octanol–water partition coefficient (Wildman–Crippen LogP) is 2.29. The van der Waals surface area contributed by atoms with Crippen LogP contribution < -0.4 is 0 Å². The van der Waals surface area contributed by atoms with Crippen LogP contribution in [0.2, 0.25) is 0 Å². The van der Waals surface area contributed by atoms with E-state index in [1.165, 1.54) is 17.7 Å². The molecule has 2 aromatic heterocycles. The van der Waals surface area contributed by atoms with Crippen molar-refractivity contribution >= 4 is 5.97 Å². The van der Waals surface area contributed by atoms with Gasteiger partial charge in [0.2, 0.25) is 0 Å². The molecular weight excluding hydrogens is 263 g/mol. The van der Waals surface area contributed by atoms with Crippen LogP contribution in [0.3, 0.4) is 0 Å². The molecule has 2 aromatic rings. The summed E-state index contributed by atoms with van der Waals surface area (Å²) in [6.07, 6.45) is -2.38. The van der Waals surface area contributed by atoms with Crippen molar-refractivity contribution < 1.29 is 23.1 Å². The fourth-order valence-electron chi connectivity index (χ4n) is 1.56. The number of aromatic nitrogens is 3. The number of nitrogens with zero attached hydrogens (tertiary/aromatic N) is 3. The molecular formula is C11H8F3N3O2. The fourth-order valence-corrected chi connectivity index (χ4v) is 1.56. The Morgan fingerprint density at radius 1 is 1.32 bits per heavy atom. The number of pyridine rings is 1. The van der Waals surface area contributed by atoms with Gasteiger partial charge in [-0.25, -0.2) is 14.5 Å². The van der Waals surface area contributed by atoms with Crippen LogP contribution in [0.1, 0.15) is 21.7 Å². The average molecular weight is 271 g/mol. The molecule has 0 bridgehead atoms. The Labute approximate surface area is 105 Å². The molecule has 2 rings (SSSR count). The summed E-state index contributed by atoms with van der Waals surface area (Å²) in [6.45, 7) is 1.51. The van der Waals surface area contributed by atoms with Gasteiger partial charge in [0.25, 0.3) is 0 Å². The molecule has 1 N–H and O–H groups in total. The Hall–Kier alpha value is -2.38. The molecule has 8 heteroatoms. The lowest BCUT2D eigenvalue weighted by Crippen LogP contribution is -2.09. The summed E-state index contributed by atoms with van der Waals surface area (Å²) < 4.78 is 38.3. The van der Waals surface area contributed by atoms with Gasteiger partial charge >= 0.3 is 12.1 Å². The molecule has 0 atom stereocenters. The van der Waals surface area contributed by atoms with E-state index in [0.29, 0.717) is 5.69 Å². The van der Waals surface area contributed by atoms with Gasteiger partial charge in [0.05, 0.1) is 23.8 Å².